The molecule has 0 atom stereocenters. The smallest absolute Gasteiger partial charge is 0.0723 e. The van der Waals surface area contributed by atoms with Crippen LogP contribution in [0.25, 0.3) is 22.4 Å². The van der Waals surface area contributed by atoms with Crippen molar-refractivity contribution in [2.24, 2.45) is 0 Å². The summed E-state index contributed by atoms with van der Waals surface area (Å²) >= 11 is 12.3. The Labute approximate surface area is 146 Å². The third-order valence-corrected chi connectivity index (χ3v) is 4.43. The van der Waals surface area contributed by atoms with E-state index in [0.29, 0.717) is 16.0 Å². The molecule has 0 saturated carbocycles. The number of hydrogen-bond acceptors (Lipinski definition) is 1. The summed E-state index contributed by atoms with van der Waals surface area (Å²) in [5, 5.41) is 1.23. The molecule has 3 aromatic rings. The molecule has 0 bridgehead atoms. The first-order chi connectivity index (χ1) is 11.0. The van der Waals surface area contributed by atoms with Crippen molar-refractivity contribution < 1.29 is 0 Å². The highest BCUT2D eigenvalue weighted by atomic mass is 35.5. The summed E-state index contributed by atoms with van der Waals surface area (Å²) in [4.78, 5) is 4.44. The summed E-state index contributed by atoms with van der Waals surface area (Å²) in [5.41, 5.74) is 5.36. The van der Waals surface area contributed by atoms with Gasteiger partial charge in [0.05, 0.1) is 10.7 Å². The van der Waals surface area contributed by atoms with Crippen LogP contribution in [0.1, 0.15) is 25.3 Å². The lowest BCUT2D eigenvalue weighted by Gasteiger charge is -2.09. The molecule has 3 rings (SSSR count). The van der Waals surface area contributed by atoms with Gasteiger partial charge in [0, 0.05) is 16.8 Å². The quantitative estimate of drug-likeness (QED) is 0.507. The number of halogens is 2. The van der Waals surface area contributed by atoms with Crippen molar-refractivity contribution in [2.75, 3.05) is 0 Å². The summed E-state index contributed by atoms with van der Waals surface area (Å²) in [6.45, 7) is 4.39. The molecule has 1 aromatic heterocycles. The van der Waals surface area contributed by atoms with Crippen molar-refractivity contribution >= 4 is 23.2 Å². The van der Waals surface area contributed by atoms with Gasteiger partial charge in [0.1, 0.15) is 0 Å². The van der Waals surface area contributed by atoms with E-state index >= 15 is 0 Å². The Morgan fingerprint density at radius 3 is 2.22 bits per heavy atom. The lowest BCUT2D eigenvalue weighted by Crippen LogP contribution is -1.89. The molecule has 1 heterocycles. The molecule has 0 aliphatic heterocycles. The van der Waals surface area contributed by atoms with E-state index in [4.69, 9.17) is 23.2 Å². The van der Waals surface area contributed by atoms with Gasteiger partial charge in [-0.2, -0.15) is 0 Å². The number of rotatable bonds is 3. The minimum Gasteiger partial charge on any atom is -0.256 e. The second kappa shape index (κ2) is 6.74. The van der Waals surface area contributed by atoms with E-state index in [0.717, 1.165) is 16.8 Å². The molecular weight excluding hydrogens is 325 g/mol. The molecule has 116 valence electrons. The third-order valence-electron chi connectivity index (χ3n) is 3.88. The fourth-order valence-corrected chi connectivity index (χ4v) is 3.02. The van der Waals surface area contributed by atoms with Crippen LogP contribution < -0.4 is 0 Å². The van der Waals surface area contributed by atoms with Crippen molar-refractivity contribution in [1.29, 1.82) is 0 Å². The monoisotopic (exact) mass is 341 g/mol. The van der Waals surface area contributed by atoms with Gasteiger partial charge in [-0.25, -0.2) is 0 Å². The van der Waals surface area contributed by atoms with Crippen LogP contribution >= 0.6 is 23.2 Å². The van der Waals surface area contributed by atoms with Gasteiger partial charge >= 0.3 is 0 Å². The van der Waals surface area contributed by atoms with E-state index in [2.05, 4.69) is 49.2 Å². The number of benzene rings is 2. The van der Waals surface area contributed by atoms with Crippen LogP contribution in [-0.4, -0.2) is 4.98 Å². The van der Waals surface area contributed by atoms with Gasteiger partial charge in [0.25, 0.3) is 0 Å². The summed E-state index contributed by atoms with van der Waals surface area (Å²) in [6.07, 6.45) is 1.81. The number of nitrogens with zero attached hydrogens (tertiary/aromatic N) is 1. The van der Waals surface area contributed by atoms with E-state index < -0.39 is 0 Å². The largest absolute Gasteiger partial charge is 0.256 e. The van der Waals surface area contributed by atoms with E-state index in [-0.39, 0.29) is 0 Å². The van der Waals surface area contributed by atoms with Gasteiger partial charge in [-0.1, -0.05) is 61.3 Å². The first-order valence-electron chi connectivity index (χ1n) is 7.56. The van der Waals surface area contributed by atoms with E-state index in [1.54, 1.807) is 6.07 Å². The number of pyridine rings is 1. The molecule has 1 nitrogen and oxygen atoms in total. The zero-order valence-corrected chi connectivity index (χ0v) is 14.6. The normalized spacial score (nSPS) is 11.0. The molecule has 0 saturated heterocycles. The molecule has 0 aliphatic rings. The highest BCUT2D eigenvalue weighted by Crippen LogP contribution is 2.31. The summed E-state index contributed by atoms with van der Waals surface area (Å²) < 4.78 is 0. The molecular formula is C20H17Cl2N. The zero-order valence-electron chi connectivity index (χ0n) is 13.1. The topological polar surface area (TPSA) is 12.9 Å². The molecule has 2 aromatic carbocycles. The van der Waals surface area contributed by atoms with Gasteiger partial charge < -0.3 is 0 Å². The Kier molecular flexibility index (Phi) is 4.70. The maximum Gasteiger partial charge on any atom is 0.0723 e. The molecule has 0 radical (unpaired) electrons. The summed E-state index contributed by atoms with van der Waals surface area (Å²) in [5.74, 6) is 0.532. The molecule has 23 heavy (non-hydrogen) atoms. The van der Waals surface area contributed by atoms with Gasteiger partial charge in [0.15, 0.2) is 0 Å². The van der Waals surface area contributed by atoms with Crippen LogP contribution in [0.4, 0.5) is 0 Å². The Morgan fingerprint density at radius 1 is 0.826 bits per heavy atom. The predicted molar refractivity (Wildman–Crippen MR) is 99.2 cm³/mol. The Bertz CT molecular complexity index is 823. The Hall–Kier alpha value is -1.83. The minimum atomic E-state index is 0.532. The summed E-state index contributed by atoms with van der Waals surface area (Å²) in [7, 11) is 0. The van der Waals surface area contributed by atoms with Crippen LogP contribution in [-0.2, 0) is 0 Å². The molecule has 0 fully saturated rings. The molecule has 0 amide bonds. The third kappa shape index (κ3) is 3.57. The fourth-order valence-electron chi connectivity index (χ4n) is 2.52. The van der Waals surface area contributed by atoms with Crippen molar-refractivity contribution in [3.8, 4) is 22.4 Å². The van der Waals surface area contributed by atoms with E-state index in [9.17, 15) is 0 Å². The van der Waals surface area contributed by atoms with Gasteiger partial charge in [-0.05, 0) is 52.9 Å². The second-order valence-corrected chi connectivity index (χ2v) is 6.67. The first-order valence-corrected chi connectivity index (χ1v) is 8.32. The average Bonchev–Trinajstić information content (AvgIpc) is 2.55. The van der Waals surface area contributed by atoms with Gasteiger partial charge in [-0.3, -0.25) is 4.98 Å². The zero-order chi connectivity index (χ0) is 16.4. The Morgan fingerprint density at radius 2 is 1.57 bits per heavy atom. The summed E-state index contributed by atoms with van der Waals surface area (Å²) in [6, 6.07) is 18.2. The molecule has 3 heteroatoms. The van der Waals surface area contributed by atoms with E-state index in [1.165, 1.54) is 11.1 Å². The average molecular weight is 342 g/mol. The standard InChI is InChI=1S/C20H17Cl2N/c1-13(2)14-3-5-15(6-4-14)16-9-10-23-20(11-16)18-8-7-17(21)12-19(18)22/h3-13H,1-2H3. The lowest BCUT2D eigenvalue weighted by molar-refractivity contribution is 0.867. The van der Waals surface area contributed by atoms with Crippen molar-refractivity contribution in [3.63, 3.8) is 0 Å². The van der Waals surface area contributed by atoms with Crippen LogP contribution in [0.5, 0.6) is 0 Å². The highest BCUT2D eigenvalue weighted by molar-refractivity contribution is 6.36. The number of aromatic nitrogens is 1. The van der Waals surface area contributed by atoms with Crippen LogP contribution in [0.15, 0.2) is 60.8 Å². The van der Waals surface area contributed by atoms with Crippen molar-refractivity contribution in [1.82, 2.24) is 4.98 Å². The fraction of sp³-hybridized carbons (Fsp3) is 0.150. The molecule has 0 unspecified atom stereocenters. The highest BCUT2D eigenvalue weighted by Gasteiger charge is 2.08. The number of hydrogen-bond donors (Lipinski definition) is 0. The maximum absolute atomic E-state index is 6.29. The van der Waals surface area contributed by atoms with E-state index in [1.807, 2.05) is 24.4 Å². The SMILES string of the molecule is CC(C)c1ccc(-c2ccnc(-c3ccc(Cl)cc3Cl)c2)cc1. The molecule has 0 N–H and O–H groups in total. The minimum absolute atomic E-state index is 0.532. The molecule has 0 aliphatic carbocycles. The Balaban J connectivity index is 1.99. The van der Waals surface area contributed by atoms with Crippen LogP contribution in [0.2, 0.25) is 10.0 Å². The van der Waals surface area contributed by atoms with Gasteiger partial charge in [0.2, 0.25) is 0 Å². The van der Waals surface area contributed by atoms with Crippen LogP contribution in [0, 0.1) is 0 Å². The predicted octanol–water partition coefficient (Wildman–Crippen LogP) is 6.85. The lowest BCUT2D eigenvalue weighted by atomic mass is 9.98. The van der Waals surface area contributed by atoms with Crippen molar-refractivity contribution in [3.05, 3.63) is 76.4 Å². The first kappa shape index (κ1) is 16.0. The molecule has 0 spiro atoms. The maximum atomic E-state index is 6.29. The second-order valence-electron chi connectivity index (χ2n) is 5.83. The van der Waals surface area contributed by atoms with Crippen LogP contribution in [0.3, 0.4) is 0 Å². The van der Waals surface area contributed by atoms with Gasteiger partial charge in [-0.15, -0.1) is 0 Å². The van der Waals surface area contributed by atoms with Crippen molar-refractivity contribution in [2.45, 2.75) is 19.8 Å².